The molecule has 0 saturated carbocycles. The maximum Gasteiger partial charge on any atom is 0.253 e. The van der Waals surface area contributed by atoms with E-state index in [0.29, 0.717) is 17.9 Å². The number of aromatic amines is 1. The highest BCUT2D eigenvalue weighted by Crippen LogP contribution is 2.17. The lowest BCUT2D eigenvalue weighted by atomic mass is 10.1. The molecule has 1 heterocycles. The Morgan fingerprint density at radius 1 is 1.41 bits per heavy atom. The van der Waals surface area contributed by atoms with Crippen LogP contribution in [0.3, 0.4) is 0 Å². The van der Waals surface area contributed by atoms with Gasteiger partial charge in [-0.25, -0.2) is 0 Å². The molecule has 17 heavy (non-hydrogen) atoms. The third-order valence-corrected chi connectivity index (χ3v) is 3.29. The second-order valence-corrected chi connectivity index (χ2v) is 5.34. The molecule has 0 saturated heterocycles. The van der Waals surface area contributed by atoms with E-state index in [0.717, 1.165) is 10.9 Å². The Morgan fingerprint density at radius 3 is 2.94 bits per heavy atom. The molecule has 0 radical (unpaired) electrons. The molecule has 90 valence electrons. The molecule has 5 heteroatoms. The number of para-hydroxylation sites is 1. The molecule has 1 aromatic heterocycles. The number of H-pyrrole nitrogens is 1. The topological polar surface area (TPSA) is 62.0 Å². The van der Waals surface area contributed by atoms with E-state index >= 15 is 0 Å². The van der Waals surface area contributed by atoms with Crippen LogP contribution in [0.15, 0.2) is 30.5 Å². The third kappa shape index (κ3) is 2.74. The maximum absolute atomic E-state index is 11.9. The van der Waals surface area contributed by atoms with Gasteiger partial charge in [-0.2, -0.15) is 0 Å². The fourth-order valence-electron chi connectivity index (χ4n) is 1.66. The fraction of sp³-hybridized carbons (Fsp3) is 0.250. The minimum atomic E-state index is -0.878. The molecule has 0 aliphatic heterocycles. The molecule has 1 unspecified atom stereocenters. The van der Waals surface area contributed by atoms with Crippen molar-refractivity contribution >= 4 is 27.6 Å². The van der Waals surface area contributed by atoms with Gasteiger partial charge in [0.25, 0.3) is 5.91 Å². The number of hydrogen-bond acceptors (Lipinski definition) is 2. The van der Waals surface area contributed by atoms with Gasteiger partial charge < -0.3 is 10.3 Å². The van der Waals surface area contributed by atoms with E-state index in [-0.39, 0.29) is 5.91 Å². The SMILES string of the molecule is CS(=O)CCNC(=O)c1c[nH]c2ccccc12. The molecule has 0 aliphatic rings. The van der Waals surface area contributed by atoms with Gasteiger partial charge in [0.2, 0.25) is 0 Å². The standard InChI is InChI=1S/C12H14N2O2S/c1-17(16)7-6-13-12(15)10-8-14-11-5-3-2-4-9(10)11/h2-5,8,14H,6-7H2,1H3,(H,13,15). The number of fused-ring (bicyclic) bond motifs is 1. The Bertz CT molecular complexity index is 562. The van der Waals surface area contributed by atoms with Gasteiger partial charge in [0, 0.05) is 46.5 Å². The van der Waals surface area contributed by atoms with Crippen LogP contribution in [-0.4, -0.2) is 33.7 Å². The van der Waals surface area contributed by atoms with E-state index in [1.165, 1.54) is 0 Å². The predicted molar refractivity (Wildman–Crippen MR) is 69.6 cm³/mol. The molecule has 4 nitrogen and oxygen atoms in total. The van der Waals surface area contributed by atoms with Crippen molar-refractivity contribution in [1.82, 2.24) is 10.3 Å². The first-order valence-electron chi connectivity index (χ1n) is 5.33. The zero-order chi connectivity index (χ0) is 12.3. The van der Waals surface area contributed by atoms with E-state index in [1.54, 1.807) is 12.5 Å². The number of benzene rings is 1. The zero-order valence-corrected chi connectivity index (χ0v) is 10.3. The van der Waals surface area contributed by atoms with Crippen LogP contribution >= 0.6 is 0 Å². The first-order chi connectivity index (χ1) is 8.18. The van der Waals surface area contributed by atoms with Crippen LogP contribution in [0.4, 0.5) is 0 Å². The summed E-state index contributed by atoms with van der Waals surface area (Å²) in [6.07, 6.45) is 3.32. The van der Waals surface area contributed by atoms with Crippen molar-refractivity contribution in [3.05, 3.63) is 36.0 Å². The molecule has 2 N–H and O–H groups in total. The van der Waals surface area contributed by atoms with Crippen molar-refractivity contribution in [2.45, 2.75) is 0 Å². The van der Waals surface area contributed by atoms with Gasteiger partial charge in [-0.15, -0.1) is 0 Å². The molecule has 0 bridgehead atoms. The lowest BCUT2D eigenvalue weighted by Gasteiger charge is -2.02. The number of hydrogen-bond donors (Lipinski definition) is 2. The number of amides is 1. The number of aromatic nitrogens is 1. The van der Waals surface area contributed by atoms with E-state index in [9.17, 15) is 9.00 Å². The molecule has 1 amide bonds. The monoisotopic (exact) mass is 250 g/mol. The lowest BCUT2D eigenvalue weighted by molar-refractivity contribution is 0.0958. The molecule has 2 rings (SSSR count). The second-order valence-electron chi connectivity index (χ2n) is 3.78. The Balaban J connectivity index is 2.11. The Hall–Kier alpha value is -1.62. The molecule has 1 atom stereocenters. The Kier molecular flexibility index (Phi) is 3.58. The predicted octanol–water partition coefficient (Wildman–Crippen LogP) is 1.28. The largest absolute Gasteiger partial charge is 0.360 e. The molecular weight excluding hydrogens is 236 g/mol. The van der Waals surface area contributed by atoms with Crippen molar-refractivity contribution in [2.75, 3.05) is 18.6 Å². The average Bonchev–Trinajstić information content (AvgIpc) is 2.72. The van der Waals surface area contributed by atoms with Crippen molar-refractivity contribution in [2.24, 2.45) is 0 Å². The van der Waals surface area contributed by atoms with Gasteiger partial charge >= 0.3 is 0 Å². The van der Waals surface area contributed by atoms with Crippen LogP contribution in [0.1, 0.15) is 10.4 Å². The molecular formula is C12H14N2O2S. The van der Waals surface area contributed by atoms with Gasteiger partial charge in [0.15, 0.2) is 0 Å². The van der Waals surface area contributed by atoms with E-state index in [1.807, 2.05) is 24.3 Å². The highest BCUT2D eigenvalue weighted by Gasteiger charge is 2.10. The van der Waals surface area contributed by atoms with Crippen molar-refractivity contribution in [1.29, 1.82) is 0 Å². The summed E-state index contributed by atoms with van der Waals surface area (Å²) < 4.78 is 10.9. The van der Waals surface area contributed by atoms with Crippen LogP contribution in [0, 0.1) is 0 Å². The van der Waals surface area contributed by atoms with Gasteiger partial charge in [-0.3, -0.25) is 9.00 Å². The number of nitrogens with one attached hydrogen (secondary N) is 2. The Morgan fingerprint density at radius 2 is 2.18 bits per heavy atom. The quantitative estimate of drug-likeness (QED) is 0.858. The summed E-state index contributed by atoms with van der Waals surface area (Å²) >= 11 is 0. The van der Waals surface area contributed by atoms with E-state index in [2.05, 4.69) is 10.3 Å². The summed E-state index contributed by atoms with van der Waals surface area (Å²) in [6.45, 7) is 0.432. The van der Waals surface area contributed by atoms with Crippen LogP contribution in [0.2, 0.25) is 0 Å². The zero-order valence-electron chi connectivity index (χ0n) is 9.53. The van der Waals surface area contributed by atoms with E-state index in [4.69, 9.17) is 0 Å². The summed E-state index contributed by atoms with van der Waals surface area (Å²) in [4.78, 5) is 14.9. The summed E-state index contributed by atoms with van der Waals surface area (Å²) in [5.41, 5.74) is 1.57. The van der Waals surface area contributed by atoms with Crippen LogP contribution in [-0.2, 0) is 10.8 Å². The molecule has 0 spiro atoms. The minimum Gasteiger partial charge on any atom is -0.360 e. The average molecular weight is 250 g/mol. The lowest BCUT2D eigenvalue weighted by Crippen LogP contribution is -2.27. The maximum atomic E-state index is 11.9. The van der Waals surface area contributed by atoms with Gasteiger partial charge in [-0.1, -0.05) is 18.2 Å². The molecule has 1 aromatic carbocycles. The van der Waals surface area contributed by atoms with Crippen molar-refractivity contribution in [3.63, 3.8) is 0 Å². The fourth-order valence-corrected chi connectivity index (χ4v) is 2.05. The molecule has 2 aromatic rings. The highest BCUT2D eigenvalue weighted by atomic mass is 32.2. The van der Waals surface area contributed by atoms with Crippen LogP contribution in [0.25, 0.3) is 10.9 Å². The number of carbonyl (C=O) groups is 1. The van der Waals surface area contributed by atoms with Crippen LogP contribution < -0.4 is 5.32 Å². The summed E-state index contributed by atoms with van der Waals surface area (Å²) in [5, 5.41) is 3.66. The minimum absolute atomic E-state index is 0.132. The van der Waals surface area contributed by atoms with Gasteiger partial charge in [0.05, 0.1) is 5.56 Å². The second kappa shape index (κ2) is 5.14. The number of rotatable bonds is 4. The summed E-state index contributed by atoms with van der Waals surface area (Å²) in [6, 6.07) is 7.64. The normalized spacial score (nSPS) is 12.5. The first-order valence-corrected chi connectivity index (χ1v) is 7.05. The first kappa shape index (κ1) is 11.9. The van der Waals surface area contributed by atoms with Gasteiger partial charge in [0.1, 0.15) is 0 Å². The summed E-state index contributed by atoms with van der Waals surface area (Å²) in [5.74, 6) is 0.349. The third-order valence-electron chi connectivity index (χ3n) is 2.51. The van der Waals surface area contributed by atoms with Gasteiger partial charge in [-0.05, 0) is 6.07 Å². The highest BCUT2D eigenvalue weighted by molar-refractivity contribution is 7.84. The van der Waals surface area contributed by atoms with Crippen molar-refractivity contribution in [3.8, 4) is 0 Å². The summed E-state index contributed by atoms with van der Waals surface area (Å²) in [7, 11) is -0.878. The van der Waals surface area contributed by atoms with Crippen molar-refractivity contribution < 1.29 is 9.00 Å². The molecule has 0 fully saturated rings. The number of carbonyl (C=O) groups excluding carboxylic acids is 1. The Labute approximate surface area is 102 Å². The van der Waals surface area contributed by atoms with E-state index < -0.39 is 10.8 Å². The van der Waals surface area contributed by atoms with Crippen LogP contribution in [0.5, 0.6) is 0 Å². The molecule has 0 aliphatic carbocycles. The smallest absolute Gasteiger partial charge is 0.253 e.